The molecule has 0 saturated heterocycles. The summed E-state index contributed by atoms with van der Waals surface area (Å²) in [7, 11) is 0. The van der Waals surface area contributed by atoms with Gasteiger partial charge in [-0.2, -0.15) is 0 Å². The van der Waals surface area contributed by atoms with Crippen LogP contribution in [0.2, 0.25) is 0 Å². The lowest BCUT2D eigenvalue weighted by atomic mass is 9.74. The zero-order chi connectivity index (χ0) is 16.1. The second kappa shape index (κ2) is 7.67. The maximum Gasteiger partial charge on any atom is 0.119 e. The minimum Gasteiger partial charge on any atom is -0.508 e. The second-order valence-corrected chi connectivity index (χ2v) is 6.88. The molecule has 22 heavy (non-hydrogen) atoms. The van der Waals surface area contributed by atoms with E-state index in [2.05, 4.69) is 45.6 Å². The average molecular weight is 298 g/mol. The molecule has 0 saturated carbocycles. The number of benzene rings is 1. The summed E-state index contributed by atoms with van der Waals surface area (Å²) < 4.78 is 0. The number of phenols is 1. The Balaban J connectivity index is 2.23. The van der Waals surface area contributed by atoms with Crippen molar-refractivity contribution in [1.29, 1.82) is 0 Å². The monoisotopic (exact) mass is 298 g/mol. The molecule has 2 unspecified atom stereocenters. The Morgan fingerprint density at radius 1 is 1.32 bits per heavy atom. The molecule has 1 heteroatoms. The molecule has 0 aliphatic heterocycles. The SMILES string of the molecule is C=C(C)C1CCC(C)=CC1c1ccc(CCCCC)cc1O. The Labute approximate surface area is 135 Å². The summed E-state index contributed by atoms with van der Waals surface area (Å²) in [6.07, 6.45) is 9.36. The molecular weight excluding hydrogens is 268 g/mol. The summed E-state index contributed by atoms with van der Waals surface area (Å²) in [5.74, 6) is 1.17. The van der Waals surface area contributed by atoms with E-state index in [4.69, 9.17) is 0 Å². The van der Waals surface area contributed by atoms with Gasteiger partial charge < -0.3 is 5.11 Å². The summed E-state index contributed by atoms with van der Waals surface area (Å²) in [5, 5.41) is 10.5. The van der Waals surface area contributed by atoms with Gasteiger partial charge in [-0.3, -0.25) is 0 Å². The average Bonchev–Trinajstić information content (AvgIpc) is 2.47. The van der Waals surface area contributed by atoms with Crippen LogP contribution in [0.15, 0.2) is 42.0 Å². The largest absolute Gasteiger partial charge is 0.508 e. The first-order valence-electron chi connectivity index (χ1n) is 8.67. The van der Waals surface area contributed by atoms with Crippen LogP contribution in [-0.4, -0.2) is 5.11 Å². The third-order valence-electron chi connectivity index (χ3n) is 4.90. The molecule has 0 amide bonds. The third-order valence-corrected chi connectivity index (χ3v) is 4.90. The number of hydrogen-bond acceptors (Lipinski definition) is 1. The van der Waals surface area contributed by atoms with Crippen molar-refractivity contribution in [1.82, 2.24) is 0 Å². The molecule has 1 aromatic rings. The van der Waals surface area contributed by atoms with Crippen LogP contribution < -0.4 is 0 Å². The van der Waals surface area contributed by atoms with Gasteiger partial charge in [-0.1, -0.05) is 55.7 Å². The number of rotatable bonds is 6. The molecule has 1 aromatic carbocycles. The predicted molar refractivity (Wildman–Crippen MR) is 95.4 cm³/mol. The van der Waals surface area contributed by atoms with Gasteiger partial charge in [-0.15, -0.1) is 0 Å². The molecule has 1 aliphatic rings. The van der Waals surface area contributed by atoms with Gasteiger partial charge in [0, 0.05) is 11.5 Å². The van der Waals surface area contributed by atoms with Crippen molar-refractivity contribution in [3.8, 4) is 5.75 Å². The zero-order valence-corrected chi connectivity index (χ0v) is 14.4. The van der Waals surface area contributed by atoms with E-state index in [9.17, 15) is 5.11 Å². The maximum atomic E-state index is 10.5. The Morgan fingerprint density at radius 3 is 2.73 bits per heavy atom. The van der Waals surface area contributed by atoms with E-state index in [1.807, 2.05) is 6.07 Å². The number of aromatic hydroxyl groups is 1. The van der Waals surface area contributed by atoms with Gasteiger partial charge in [0.05, 0.1) is 0 Å². The molecule has 1 aliphatic carbocycles. The van der Waals surface area contributed by atoms with Gasteiger partial charge in [-0.05, 0) is 57.1 Å². The molecule has 0 radical (unpaired) electrons. The molecule has 0 fully saturated rings. The quantitative estimate of drug-likeness (QED) is 0.494. The second-order valence-electron chi connectivity index (χ2n) is 6.88. The van der Waals surface area contributed by atoms with Crippen molar-refractivity contribution in [2.24, 2.45) is 5.92 Å². The Bertz CT molecular complexity index is 553. The van der Waals surface area contributed by atoms with Crippen LogP contribution in [0.1, 0.15) is 69.9 Å². The van der Waals surface area contributed by atoms with Gasteiger partial charge in [0.1, 0.15) is 5.75 Å². The fraction of sp³-hybridized carbons (Fsp3) is 0.524. The first kappa shape index (κ1) is 16.9. The first-order valence-corrected chi connectivity index (χ1v) is 8.67. The van der Waals surface area contributed by atoms with Crippen molar-refractivity contribution in [3.63, 3.8) is 0 Å². The van der Waals surface area contributed by atoms with Crippen LogP contribution in [-0.2, 0) is 6.42 Å². The molecule has 2 atom stereocenters. The van der Waals surface area contributed by atoms with E-state index in [0.717, 1.165) is 24.8 Å². The minimum absolute atomic E-state index is 0.274. The standard InChI is InChI=1S/C21H30O/c1-5-6-7-8-17-10-12-19(21(22)14-17)20-13-16(4)9-11-18(20)15(2)3/h10,12-14,18,20,22H,2,5-9,11H2,1,3-4H3. The molecular formula is C21H30O. The van der Waals surface area contributed by atoms with Crippen LogP contribution in [0.4, 0.5) is 0 Å². The van der Waals surface area contributed by atoms with Gasteiger partial charge in [0.2, 0.25) is 0 Å². The highest BCUT2D eigenvalue weighted by molar-refractivity contribution is 5.43. The third kappa shape index (κ3) is 4.03. The molecule has 0 bridgehead atoms. The highest BCUT2D eigenvalue weighted by Crippen LogP contribution is 2.42. The highest BCUT2D eigenvalue weighted by Gasteiger charge is 2.27. The number of unbranched alkanes of at least 4 members (excludes halogenated alkanes) is 2. The summed E-state index contributed by atoms with van der Waals surface area (Å²) in [6.45, 7) is 10.7. The van der Waals surface area contributed by atoms with E-state index in [0.29, 0.717) is 11.7 Å². The zero-order valence-electron chi connectivity index (χ0n) is 14.4. The Hall–Kier alpha value is -1.50. The van der Waals surface area contributed by atoms with Crippen LogP contribution in [0.3, 0.4) is 0 Å². The predicted octanol–water partition coefficient (Wildman–Crippen LogP) is 6.14. The van der Waals surface area contributed by atoms with Crippen LogP contribution in [0.5, 0.6) is 5.75 Å². The fourth-order valence-electron chi connectivity index (χ4n) is 3.53. The van der Waals surface area contributed by atoms with Crippen molar-refractivity contribution in [2.75, 3.05) is 0 Å². The lowest BCUT2D eigenvalue weighted by Crippen LogP contribution is -2.17. The molecule has 2 rings (SSSR count). The number of hydrogen-bond donors (Lipinski definition) is 1. The summed E-state index contributed by atoms with van der Waals surface area (Å²) >= 11 is 0. The van der Waals surface area contributed by atoms with Crippen LogP contribution >= 0.6 is 0 Å². The molecule has 120 valence electrons. The summed E-state index contributed by atoms with van der Waals surface area (Å²) in [5.41, 5.74) is 4.96. The summed E-state index contributed by atoms with van der Waals surface area (Å²) in [6, 6.07) is 6.29. The van der Waals surface area contributed by atoms with Gasteiger partial charge in [-0.25, -0.2) is 0 Å². The Kier molecular flexibility index (Phi) is 5.88. The topological polar surface area (TPSA) is 20.2 Å². The van der Waals surface area contributed by atoms with E-state index < -0.39 is 0 Å². The van der Waals surface area contributed by atoms with Gasteiger partial charge in [0.15, 0.2) is 0 Å². The number of aryl methyl sites for hydroxylation is 1. The van der Waals surface area contributed by atoms with E-state index >= 15 is 0 Å². The van der Waals surface area contributed by atoms with E-state index in [1.165, 1.54) is 36.0 Å². The van der Waals surface area contributed by atoms with E-state index in [-0.39, 0.29) is 5.92 Å². The highest BCUT2D eigenvalue weighted by atomic mass is 16.3. The maximum absolute atomic E-state index is 10.5. The molecule has 1 nitrogen and oxygen atoms in total. The molecule has 0 heterocycles. The lowest BCUT2D eigenvalue weighted by molar-refractivity contribution is 0.436. The number of phenolic OH excluding ortho intramolecular Hbond substituents is 1. The smallest absolute Gasteiger partial charge is 0.119 e. The van der Waals surface area contributed by atoms with Crippen molar-refractivity contribution < 1.29 is 5.11 Å². The number of allylic oxidation sites excluding steroid dienone is 3. The van der Waals surface area contributed by atoms with Gasteiger partial charge in [0.25, 0.3) is 0 Å². The molecule has 0 spiro atoms. The van der Waals surface area contributed by atoms with Crippen LogP contribution in [0, 0.1) is 5.92 Å². The molecule has 0 aromatic heterocycles. The normalized spacial score (nSPS) is 21.5. The fourth-order valence-corrected chi connectivity index (χ4v) is 3.53. The summed E-state index contributed by atoms with van der Waals surface area (Å²) in [4.78, 5) is 0. The first-order chi connectivity index (χ1) is 10.5. The molecule has 1 N–H and O–H groups in total. The lowest BCUT2D eigenvalue weighted by Gasteiger charge is -2.31. The van der Waals surface area contributed by atoms with Crippen molar-refractivity contribution >= 4 is 0 Å². The van der Waals surface area contributed by atoms with Crippen molar-refractivity contribution in [3.05, 3.63) is 53.1 Å². The van der Waals surface area contributed by atoms with E-state index in [1.54, 1.807) is 0 Å². The van der Waals surface area contributed by atoms with Gasteiger partial charge >= 0.3 is 0 Å². The van der Waals surface area contributed by atoms with Crippen LogP contribution in [0.25, 0.3) is 0 Å². The minimum atomic E-state index is 0.274. The van der Waals surface area contributed by atoms with Crippen molar-refractivity contribution in [2.45, 2.75) is 65.2 Å². The Morgan fingerprint density at radius 2 is 2.09 bits per heavy atom.